The summed E-state index contributed by atoms with van der Waals surface area (Å²) >= 11 is 7.20. The lowest BCUT2D eigenvalue weighted by molar-refractivity contribution is 0.0162. The van der Waals surface area contributed by atoms with E-state index in [1.807, 2.05) is 18.2 Å². The van der Waals surface area contributed by atoms with Gasteiger partial charge in [-0.3, -0.25) is 9.69 Å². The Kier molecular flexibility index (Phi) is 5.67. The van der Waals surface area contributed by atoms with Gasteiger partial charge in [0.05, 0.1) is 28.5 Å². The minimum absolute atomic E-state index is 0.0731. The number of hydrogen-bond acceptors (Lipinski definition) is 4. The molecule has 1 aromatic heterocycles. The van der Waals surface area contributed by atoms with Crippen molar-refractivity contribution in [2.75, 3.05) is 32.8 Å². The molecule has 4 nitrogen and oxygen atoms in total. The second kappa shape index (κ2) is 7.93. The number of ether oxygens (including phenoxy) is 1. The number of halogens is 1. The molecule has 0 aliphatic carbocycles. The number of morpholine rings is 1. The summed E-state index contributed by atoms with van der Waals surface area (Å²) in [7, 11) is 0. The van der Waals surface area contributed by atoms with Crippen LogP contribution in [0.3, 0.4) is 0 Å². The number of rotatable bonds is 5. The third-order valence-electron chi connectivity index (χ3n) is 3.92. The van der Waals surface area contributed by atoms with Crippen molar-refractivity contribution in [2.45, 2.75) is 6.04 Å². The number of carbonyl (C=O) groups excluding carboxylic acids is 1. The molecule has 122 valence electrons. The van der Waals surface area contributed by atoms with Crippen LogP contribution in [-0.4, -0.2) is 43.7 Å². The summed E-state index contributed by atoms with van der Waals surface area (Å²) in [6.45, 7) is 3.79. The Balaban J connectivity index is 1.69. The lowest BCUT2D eigenvalue weighted by atomic mass is 10.0. The molecule has 0 radical (unpaired) electrons. The summed E-state index contributed by atoms with van der Waals surface area (Å²) in [5.74, 6) is -0.0731. The third-order valence-corrected chi connectivity index (χ3v) is 5.15. The standard InChI is InChI=1S/C17H19ClN2O2S/c18-16-7-6-15(23-16)17(21)19-12-14(13-4-2-1-3-5-13)20-8-10-22-11-9-20/h1-7,14H,8-12H2,(H,19,21). The second-order valence-electron chi connectivity index (χ2n) is 5.39. The van der Waals surface area contributed by atoms with Crippen LogP contribution in [0.1, 0.15) is 21.3 Å². The highest BCUT2D eigenvalue weighted by atomic mass is 35.5. The lowest BCUT2D eigenvalue weighted by Gasteiger charge is -2.34. The van der Waals surface area contributed by atoms with Crippen LogP contribution in [0.2, 0.25) is 4.34 Å². The maximum Gasteiger partial charge on any atom is 0.261 e. The summed E-state index contributed by atoms with van der Waals surface area (Å²) in [5, 5.41) is 3.04. The van der Waals surface area contributed by atoms with Gasteiger partial charge in [-0.1, -0.05) is 41.9 Å². The van der Waals surface area contributed by atoms with E-state index in [0.717, 1.165) is 26.3 Å². The zero-order chi connectivity index (χ0) is 16.1. The Morgan fingerprint density at radius 3 is 2.61 bits per heavy atom. The van der Waals surface area contributed by atoms with Gasteiger partial charge in [-0.25, -0.2) is 0 Å². The number of nitrogens with zero attached hydrogens (tertiary/aromatic N) is 1. The summed E-state index contributed by atoms with van der Waals surface area (Å²) in [6.07, 6.45) is 0. The molecule has 1 unspecified atom stereocenters. The van der Waals surface area contributed by atoms with Crippen molar-refractivity contribution in [2.24, 2.45) is 0 Å². The number of benzene rings is 1. The van der Waals surface area contributed by atoms with E-state index in [9.17, 15) is 4.79 Å². The number of thiophene rings is 1. The van der Waals surface area contributed by atoms with Crippen LogP contribution in [0, 0.1) is 0 Å². The monoisotopic (exact) mass is 350 g/mol. The molecular formula is C17H19ClN2O2S. The summed E-state index contributed by atoms with van der Waals surface area (Å²) in [5.41, 5.74) is 1.21. The highest BCUT2D eigenvalue weighted by molar-refractivity contribution is 7.17. The van der Waals surface area contributed by atoms with E-state index in [1.165, 1.54) is 16.9 Å². The largest absolute Gasteiger partial charge is 0.379 e. The van der Waals surface area contributed by atoms with Crippen molar-refractivity contribution in [1.29, 1.82) is 0 Å². The van der Waals surface area contributed by atoms with Gasteiger partial charge in [0.2, 0.25) is 0 Å². The number of nitrogens with one attached hydrogen (secondary N) is 1. The molecule has 2 aromatic rings. The van der Waals surface area contributed by atoms with Gasteiger partial charge < -0.3 is 10.1 Å². The molecule has 0 saturated carbocycles. The van der Waals surface area contributed by atoms with E-state index in [1.54, 1.807) is 12.1 Å². The van der Waals surface area contributed by atoms with Crippen molar-refractivity contribution in [1.82, 2.24) is 10.2 Å². The van der Waals surface area contributed by atoms with E-state index in [4.69, 9.17) is 16.3 Å². The van der Waals surface area contributed by atoms with Crippen LogP contribution in [0.5, 0.6) is 0 Å². The first-order chi connectivity index (χ1) is 11.2. The lowest BCUT2D eigenvalue weighted by Crippen LogP contribution is -2.43. The second-order valence-corrected chi connectivity index (χ2v) is 7.10. The van der Waals surface area contributed by atoms with Gasteiger partial charge in [-0.2, -0.15) is 0 Å². The number of hydrogen-bond donors (Lipinski definition) is 1. The van der Waals surface area contributed by atoms with Gasteiger partial charge in [0.25, 0.3) is 5.91 Å². The van der Waals surface area contributed by atoms with Gasteiger partial charge in [0, 0.05) is 19.6 Å². The van der Waals surface area contributed by atoms with E-state index >= 15 is 0 Å². The van der Waals surface area contributed by atoms with E-state index in [0.29, 0.717) is 15.8 Å². The van der Waals surface area contributed by atoms with E-state index in [2.05, 4.69) is 22.3 Å². The van der Waals surface area contributed by atoms with Crippen molar-refractivity contribution < 1.29 is 9.53 Å². The predicted octanol–water partition coefficient (Wildman–Crippen LogP) is 3.20. The Hall–Kier alpha value is -1.40. The molecule has 1 atom stereocenters. The maximum atomic E-state index is 12.3. The molecule has 1 aliphatic rings. The van der Waals surface area contributed by atoms with Gasteiger partial charge >= 0.3 is 0 Å². The molecule has 0 bridgehead atoms. The molecule has 1 fully saturated rings. The quantitative estimate of drug-likeness (QED) is 0.900. The van der Waals surface area contributed by atoms with Gasteiger partial charge in [0.1, 0.15) is 0 Å². The Morgan fingerprint density at radius 1 is 1.22 bits per heavy atom. The minimum atomic E-state index is -0.0731. The zero-order valence-electron chi connectivity index (χ0n) is 12.7. The highest BCUT2D eigenvalue weighted by Crippen LogP contribution is 2.23. The topological polar surface area (TPSA) is 41.6 Å². The fraction of sp³-hybridized carbons (Fsp3) is 0.353. The van der Waals surface area contributed by atoms with Crippen LogP contribution in [0.25, 0.3) is 0 Å². The number of carbonyl (C=O) groups is 1. The van der Waals surface area contributed by atoms with Gasteiger partial charge in [-0.15, -0.1) is 11.3 Å². The zero-order valence-corrected chi connectivity index (χ0v) is 14.3. The molecule has 1 aliphatic heterocycles. The van der Waals surface area contributed by atoms with Crippen molar-refractivity contribution in [3.63, 3.8) is 0 Å². The van der Waals surface area contributed by atoms with Crippen LogP contribution < -0.4 is 5.32 Å². The normalized spacial score (nSPS) is 16.9. The SMILES string of the molecule is O=C(NCC(c1ccccc1)N1CCOCC1)c1ccc(Cl)s1. The third kappa shape index (κ3) is 4.32. The molecule has 1 aromatic carbocycles. The highest BCUT2D eigenvalue weighted by Gasteiger charge is 2.23. The molecular weight excluding hydrogens is 332 g/mol. The first kappa shape index (κ1) is 16.5. The predicted molar refractivity (Wildman–Crippen MR) is 93.2 cm³/mol. The molecule has 1 amide bonds. The number of amides is 1. The average molecular weight is 351 g/mol. The van der Waals surface area contributed by atoms with Crippen molar-refractivity contribution in [3.8, 4) is 0 Å². The smallest absolute Gasteiger partial charge is 0.261 e. The van der Waals surface area contributed by atoms with Gasteiger partial charge in [-0.05, 0) is 17.7 Å². The van der Waals surface area contributed by atoms with Gasteiger partial charge in [0.15, 0.2) is 0 Å². The Morgan fingerprint density at radius 2 is 1.96 bits per heavy atom. The molecule has 3 rings (SSSR count). The first-order valence-corrected chi connectivity index (χ1v) is 8.84. The summed E-state index contributed by atoms with van der Waals surface area (Å²) in [6, 6.07) is 13.9. The van der Waals surface area contributed by atoms with Crippen molar-refractivity contribution in [3.05, 3.63) is 57.2 Å². The molecule has 0 spiro atoms. The Bertz CT molecular complexity index is 641. The molecule has 2 heterocycles. The molecule has 23 heavy (non-hydrogen) atoms. The first-order valence-electron chi connectivity index (χ1n) is 7.64. The van der Waals surface area contributed by atoms with E-state index < -0.39 is 0 Å². The molecule has 6 heteroatoms. The maximum absolute atomic E-state index is 12.3. The minimum Gasteiger partial charge on any atom is -0.379 e. The molecule has 1 saturated heterocycles. The van der Waals surface area contributed by atoms with Crippen LogP contribution in [-0.2, 0) is 4.74 Å². The summed E-state index contributed by atoms with van der Waals surface area (Å²) < 4.78 is 6.07. The van der Waals surface area contributed by atoms with Crippen LogP contribution in [0.4, 0.5) is 0 Å². The fourth-order valence-electron chi connectivity index (χ4n) is 2.73. The summed E-state index contributed by atoms with van der Waals surface area (Å²) in [4.78, 5) is 15.3. The average Bonchev–Trinajstić information content (AvgIpc) is 3.03. The van der Waals surface area contributed by atoms with Crippen LogP contribution in [0.15, 0.2) is 42.5 Å². The van der Waals surface area contributed by atoms with Crippen molar-refractivity contribution >= 4 is 28.8 Å². The molecule has 1 N–H and O–H groups in total. The van der Waals surface area contributed by atoms with E-state index in [-0.39, 0.29) is 11.9 Å². The van der Waals surface area contributed by atoms with Crippen LogP contribution >= 0.6 is 22.9 Å². The fourth-order valence-corrected chi connectivity index (χ4v) is 3.69. The Labute approximate surface area is 145 Å².